The van der Waals surface area contributed by atoms with E-state index in [0.29, 0.717) is 43.2 Å². The van der Waals surface area contributed by atoms with Gasteiger partial charge in [-0.1, -0.05) is 13.0 Å². The van der Waals surface area contributed by atoms with Crippen LogP contribution in [0.3, 0.4) is 0 Å². The number of aromatic nitrogens is 4. The lowest BCUT2D eigenvalue weighted by molar-refractivity contribution is -0.116. The van der Waals surface area contributed by atoms with Gasteiger partial charge in [0.25, 0.3) is 5.56 Å². The number of methoxy groups -OCH3 is 1. The van der Waals surface area contributed by atoms with Gasteiger partial charge in [0.2, 0.25) is 5.91 Å². The molecule has 1 N–H and O–H groups in total. The number of nitrogens with zero attached hydrogens (tertiary/aromatic N) is 4. The fourth-order valence-corrected chi connectivity index (χ4v) is 3.43. The maximum atomic E-state index is 13.8. The molecule has 166 valence electrons. The molecule has 0 aliphatic carbocycles. The van der Waals surface area contributed by atoms with Gasteiger partial charge in [0.1, 0.15) is 18.2 Å². The summed E-state index contributed by atoms with van der Waals surface area (Å²) in [6.45, 7) is 5.86. The van der Waals surface area contributed by atoms with E-state index < -0.39 is 29.5 Å². The average Bonchev–Trinajstić information content (AvgIpc) is 3.05. The quantitative estimate of drug-likeness (QED) is 0.586. The molecule has 0 atom stereocenters. The first-order valence-corrected chi connectivity index (χ1v) is 10.0. The predicted molar refractivity (Wildman–Crippen MR) is 115 cm³/mol. The van der Waals surface area contributed by atoms with Crippen molar-refractivity contribution < 1.29 is 13.9 Å². The zero-order valence-corrected chi connectivity index (χ0v) is 18.1. The van der Waals surface area contributed by atoms with Crippen molar-refractivity contribution in [3.63, 3.8) is 0 Å². The summed E-state index contributed by atoms with van der Waals surface area (Å²) in [4.78, 5) is 43.2. The van der Waals surface area contributed by atoms with Gasteiger partial charge in [-0.25, -0.2) is 18.7 Å². The number of amides is 1. The van der Waals surface area contributed by atoms with E-state index in [-0.39, 0.29) is 11.2 Å². The van der Waals surface area contributed by atoms with Crippen LogP contribution in [0.5, 0.6) is 0 Å². The lowest BCUT2D eigenvalue weighted by atomic mass is 10.2. The molecule has 1 amide bonds. The van der Waals surface area contributed by atoms with Crippen LogP contribution in [0, 0.1) is 19.7 Å². The van der Waals surface area contributed by atoms with E-state index in [1.807, 2.05) is 6.92 Å². The van der Waals surface area contributed by atoms with Gasteiger partial charge in [0.15, 0.2) is 11.2 Å². The number of nitrogens with one attached hydrogen (secondary N) is 1. The minimum absolute atomic E-state index is 0.247. The number of aryl methyl sites for hydroxylation is 3. The Morgan fingerprint density at radius 2 is 1.90 bits per heavy atom. The van der Waals surface area contributed by atoms with Crippen LogP contribution in [0.4, 0.5) is 10.1 Å². The molecule has 0 bridgehead atoms. The van der Waals surface area contributed by atoms with Crippen LogP contribution >= 0.6 is 0 Å². The van der Waals surface area contributed by atoms with Crippen LogP contribution in [0.2, 0.25) is 0 Å². The van der Waals surface area contributed by atoms with Crippen molar-refractivity contribution >= 4 is 22.8 Å². The predicted octanol–water partition coefficient (Wildman–Crippen LogP) is 1.81. The molecule has 31 heavy (non-hydrogen) atoms. The Morgan fingerprint density at radius 3 is 2.55 bits per heavy atom. The number of carbonyl (C=O) groups is 1. The molecule has 0 saturated carbocycles. The number of anilines is 1. The minimum atomic E-state index is -0.610. The summed E-state index contributed by atoms with van der Waals surface area (Å²) in [6.07, 6.45) is 0.645. The fourth-order valence-electron chi connectivity index (χ4n) is 3.43. The monoisotopic (exact) mass is 431 g/mol. The van der Waals surface area contributed by atoms with E-state index in [9.17, 15) is 18.8 Å². The summed E-state index contributed by atoms with van der Waals surface area (Å²) in [6, 6.07) is 4.28. The zero-order valence-electron chi connectivity index (χ0n) is 18.1. The van der Waals surface area contributed by atoms with E-state index in [2.05, 4.69) is 10.3 Å². The summed E-state index contributed by atoms with van der Waals surface area (Å²) < 4.78 is 22.9. The van der Waals surface area contributed by atoms with Crippen LogP contribution in [0.15, 0.2) is 27.8 Å². The average molecular weight is 431 g/mol. The number of hydrogen-bond acceptors (Lipinski definition) is 5. The van der Waals surface area contributed by atoms with Crippen LogP contribution in [0.1, 0.15) is 24.7 Å². The third-order valence-corrected chi connectivity index (χ3v) is 5.03. The normalized spacial score (nSPS) is 11.3. The highest BCUT2D eigenvalue weighted by atomic mass is 19.1. The molecule has 0 aliphatic heterocycles. The van der Waals surface area contributed by atoms with Crippen molar-refractivity contribution in [3.8, 4) is 0 Å². The minimum Gasteiger partial charge on any atom is -0.383 e. The SMILES string of the molecule is CCCn1c(=O)n(CC(=O)Nc2ccc(C)c(F)c2)c(=O)c2c1nc(C)n2CCOC. The molecular formula is C21H26FN5O4. The highest BCUT2D eigenvalue weighted by Gasteiger charge is 2.21. The fraction of sp³-hybridized carbons (Fsp3) is 0.429. The first-order chi connectivity index (χ1) is 14.8. The molecule has 2 aromatic heterocycles. The third kappa shape index (κ3) is 4.43. The Balaban J connectivity index is 2.06. The second-order valence-corrected chi connectivity index (χ2v) is 7.31. The third-order valence-electron chi connectivity index (χ3n) is 5.03. The molecule has 0 radical (unpaired) electrons. The molecule has 0 aliphatic rings. The number of fused-ring (bicyclic) bond motifs is 1. The van der Waals surface area contributed by atoms with E-state index >= 15 is 0 Å². The number of carbonyl (C=O) groups excluding carboxylic acids is 1. The second kappa shape index (κ2) is 9.25. The molecule has 0 saturated heterocycles. The number of hydrogen-bond donors (Lipinski definition) is 1. The van der Waals surface area contributed by atoms with Crippen molar-refractivity contribution in [2.24, 2.45) is 0 Å². The molecule has 0 spiro atoms. The van der Waals surface area contributed by atoms with Gasteiger partial charge >= 0.3 is 5.69 Å². The molecule has 9 nitrogen and oxygen atoms in total. The standard InChI is InChI=1S/C21H26FN5O4/c1-5-8-26-19-18(25(9-10-31-4)14(3)23-19)20(29)27(21(26)30)12-17(28)24-15-7-6-13(2)16(22)11-15/h6-7,11H,5,8-10,12H2,1-4H3,(H,24,28). The number of imidazole rings is 1. The van der Waals surface area contributed by atoms with Crippen molar-refractivity contribution in [2.45, 2.75) is 46.8 Å². The molecule has 3 rings (SSSR count). The lowest BCUT2D eigenvalue weighted by Crippen LogP contribution is -2.43. The Morgan fingerprint density at radius 1 is 1.16 bits per heavy atom. The summed E-state index contributed by atoms with van der Waals surface area (Å²) in [7, 11) is 1.55. The number of rotatable bonds is 8. The number of ether oxygens (including phenoxy) is 1. The van der Waals surface area contributed by atoms with Gasteiger partial charge in [-0.2, -0.15) is 0 Å². The number of benzene rings is 1. The summed E-state index contributed by atoms with van der Waals surface area (Å²) in [5.74, 6) is -0.491. The highest BCUT2D eigenvalue weighted by Crippen LogP contribution is 2.14. The first-order valence-electron chi connectivity index (χ1n) is 10.0. The molecule has 0 fully saturated rings. The zero-order chi connectivity index (χ0) is 22.7. The topological polar surface area (TPSA) is 100 Å². The van der Waals surface area contributed by atoms with Gasteiger partial charge in [-0.05, 0) is 38.0 Å². The van der Waals surface area contributed by atoms with E-state index in [1.54, 1.807) is 31.6 Å². The Labute approximate surface area is 178 Å². The first kappa shape index (κ1) is 22.4. The Kier molecular flexibility index (Phi) is 6.69. The highest BCUT2D eigenvalue weighted by molar-refractivity contribution is 5.90. The van der Waals surface area contributed by atoms with Gasteiger partial charge in [-0.3, -0.25) is 14.2 Å². The maximum absolute atomic E-state index is 13.8. The maximum Gasteiger partial charge on any atom is 0.333 e. The van der Waals surface area contributed by atoms with E-state index in [0.717, 1.165) is 4.57 Å². The van der Waals surface area contributed by atoms with E-state index in [1.165, 1.54) is 16.7 Å². The van der Waals surface area contributed by atoms with Crippen LogP contribution in [-0.4, -0.2) is 38.3 Å². The molecular weight excluding hydrogens is 405 g/mol. The smallest absolute Gasteiger partial charge is 0.333 e. The van der Waals surface area contributed by atoms with Crippen molar-refractivity contribution in [3.05, 3.63) is 56.2 Å². The summed E-state index contributed by atoms with van der Waals surface area (Å²) >= 11 is 0. The molecule has 2 heterocycles. The molecule has 0 unspecified atom stereocenters. The molecule has 10 heteroatoms. The van der Waals surface area contributed by atoms with Gasteiger partial charge in [0.05, 0.1) is 6.61 Å². The van der Waals surface area contributed by atoms with Crippen molar-refractivity contribution in [2.75, 3.05) is 19.0 Å². The Hall–Kier alpha value is -3.27. The summed E-state index contributed by atoms with van der Waals surface area (Å²) in [5, 5.41) is 2.54. The van der Waals surface area contributed by atoms with Crippen molar-refractivity contribution in [1.29, 1.82) is 0 Å². The van der Waals surface area contributed by atoms with Crippen LogP contribution < -0.4 is 16.6 Å². The van der Waals surface area contributed by atoms with Gasteiger partial charge in [0, 0.05) is 25.9 Å². The van der Waals surface area contributed by atoms with Gasteiger partial charge in [-0.15, -0.1) is 0 Å². The van der Waals surface area contributed by atoms with Gasteiger partial charge < -0.3 is 14.6 Å². The van der Waals surface area contributed by atoms with Crippen LogP contribution in [0.25, 0.3) is 11.2 Å². The summed E-state index contributed by atoms with van der Waals surface area (Å²) in [5.41, 5.74) is 0.0219. The molecule has 3 aromatic rings. The Bertz CT molecular complexity index is 1240. The number of halogens is 1. The van der Waals surface area contributed by atoms with E-state index in [4.69, 9.17) is 4.74 Å². The second-order valence-electron chi connectivity index (χ2n) is 7.31. The van der Waals surface area contributed by atoms with Crippen LogP contribution in [-0.2, 0) is 29.2 Å². The molecule has 1 aromatic carbocycles. The van der Waals surface area contributed by atoms with Crippen molar-refractivity contribution in [1.82, 2.24) is 18.7 Å². The lowest BCUT2D eigenvalue weighted by Gasteiger charge is -2.12. The largest absolute Gasteiger partial charge is 0.383 e.